The molecule has 0 saturated heterocycles. The van der Waals surface area contributed by atoms with Crippen LogP contribution in [0.1, 0.15) is 19.1 Å². The molecule has 0 unspecified atom stereocenters. The summed E-state index contributed by atoms with van der Waals surface area (Å²) in [5.41, 5.74) is 0.988. The summed E-state index contributed by atoms with van der Waals surface area (Å²) in [6.07, 6.45) is 2.03. The summed E-state index contributed by atoms with van der Waals surface area (Å²) in [5.74, 6) is 1.00. The van der Waals surface area contributed by atoms with E-state index in [0.29, 0.717) is 0 Å². The van der Waals surface area contributed by atoms with Crippen molar-refractivity contribution in [3.05, 3.63) is 42.2 Å². The molecule has 16 heavy (non-hydrogen) atoms. The molecule has 3 aromatic rings. The Morgan fingerprint density at radius 1 is 1.06 bits per heavy atom. The number of benzene rings is 2. The third-order valence-corrected chi connectivity index (χ3v) is 2.93. The third kappa shape index (κ3) is 1.30. The molecular weight excluding hydrogens is 198 g/mol. The van der Waals surface area contributed by atoms with E-state index in [2.05, 4.69) is 36.3 Å². The summed E-state index contributed by atoms with van der Waals surface area (Å²) in [6.45, 7) is 2.15. The van der Waals surface area contributed by atoms with Crippen LogP contribution in [0.5, 0.6) is 0 Å². The van der Waals surface area contributed by atoms with Crippen molar-refractivity contribution in [2.45, 2.75) is 19.8 Å². The van der Waals surface area contributed by atoms with Gasteiger partial charge in [0.2, 0.25) is 0 Å². The second-order valence-corrected chi connectivity index (χ2v) is 4.04. The molecule has 1 aromatic heterocycles. The Morgan fingerprint density at radius 2 is 1.94 bits per heavy atom. The molecule has 0 bridgehead atoms. The van der Waals surface area contributed by atoms with E-state index in [1.807, 2.05) is 12.1 Å². The molecule has 2 nitrogen and oxygen atoms in total. The van der Waals surface area contributed by atoms with Crippen LogP contribution in [-0.4, -0.2) is 5.16 Å². The fourth-order valence-electron chi connectivity index (χ4n) is 2.14. The predicted octanol–water partition coefficient (Wildman–Crippen LogP) is 3.93. The zero-order chi connectivity index (χ0) is 11.0. The highest BCUT2D eigenvalue weighted by Crippen LogP contribution is 2.27. The average molecular weight is 211 g/mol. The maximum Gasteiger partial charge on any atom is 0.144 e. The fourth-order valence-corrected chi connectivity index (χ4v) is 2.14. The van der Waals surface area contributed by atoms with Gasteiger partial charge < -0.3 is 4.52 Å². The van der Waals surface area contributed by atoms with Crippen molar-refractivity contribution in [3.8, 4) is 0 Å². The van der Waals surface area contributed by atoms with Crippen LogP contribution in [0.4, 0.5) is 0 Å². The lowest BCUT2D eigenvalue weighted by Gasteiger charge is -1.97. The lowest BCUT2D eigenvalue weighted by Crippen LogP contribution is -1.79. The van der Waals surface area contributed by atoms with Crippen LogP contribution in [0.25, 0.3) is 21.7 Å². The lowest BCUT2D eigenvalue weighted by molar-refractivity contribution is 0.390. The fraction of sp³-hybridized carbons (Fsp3) is 0.214. The van der Waals surface area contributed by atoms with Crippen LogP contribution in [0.2, 0.25) is 0 Å². The Labute approximate surface area is 93.9 Å². The van der Waals surface area contributed by atoms with E-state index in [9.17, 15) is 0 Å². The van der Waals surface area contributed by atoms with Crippen molar-refractivity contribution >= 4 is 21.7 Å². The van der Waals surface area contributed by atoms with E-state index in [0.717, 1.165) is 29.5 Å². The van der Waals surface area contributed by atoms with Crippen molar-refractivity contribution in [1.29, 1.82) is 0 Å². The molecule has 2 heteroatoms. The van der Waals surface area contributed by atoms with E-state index in [1.165, 1.54) is 10.8 Å². The zero-order valence-electron chi connectivity index (χ0n) is 9.23. The van der Waals surface area contributed by atoms with Gasteiger partial charge in [0.1, 0.15) is 11.3 Å². The van der Waals surface area contributed by atoms with Crippen molar-refractivity contribution < 1.29 is 4.52 Å². The Morgan fingerprint density at radius 3 is 2.81 bits per heavy atom. The first-order valence-electron chi connectivity index (χ1n) is 5.66. The van der Waals surface area contributed by atoms with Gasteiger partial charge in [-0.1, -0.05) is 42.4 Å². The smallest absolute Gasteiger partial charge is 0.144 e. The summed E-state index contributed by atoms with van der Waals surface area (Å²) in [4.78, 5) is 0. The minimum Gasteiger partial charge on any atom is -0.360 e. The molecule has 0 aliphatic rings. The first kappa shape index (κ1) is 9.40. The van der Waals surface area contributed by atoms with Crippen LogP contribution in [0.15, 0.2) is 40.9 Å². The van der Waals surface area contributed by atoms with Gasteiger partial charge in [-0.05, 0) is 17.9 Å². The summed E-state index contributed by atoms with van der Waals surface area (Å²) < 4.78 is 5.41. The minimum absolute atomic E-state index is 0.953. The van der Waals surface area contributed by atoms with Crippen molar-refractivity contribution in [3.63, 3.8) is 0 Å². The Bertz CT molecular complexity index is 639. The standard InChI is InChI=1S/C14H13NO/c1-2-5-13-12-9-8-10-6-3-4-7-11(10)14(12)15-16-13/h3-4,6-9H,2,5H2,1H3. The van der Waals surface area contributed by atoms with Gasteiger partial charge in [0.25, 0.3) is 0 Å². The highest BCUT2D eigenvalue weighted by atomic mass is 16.5. The second-order valence-electron chi connectivity index (χ2n) is 4.04. The van der Waals surface area contributed by atoms with Crippen LogP contribution in [-0.2, 0) is 6.42 Å². The van der Waals surface area contributed by atoms with Crippen LogP contribution < -0.4 is 0 Å². The van der Waals surface area contributed by atoms with Crippen LogP contribution in [0, 0.1) is 0 Å². The lowest BCUT2D eigenvalue weighted by atomic mass is 10.1. The van der Waals surface area contributed by atoms with E-state index in [-0.39, 0.29) is 0 Å². The molecular formula is C14H13NO. The molecule has 0 N–H and O–H groups in total. The number of hydrogen-bond donors (Lipinski definition) is 0. The normalized spacial score (nSPS) is 11.3. The number of aryl methyl sites for hydroxylation is 1. The number of hydrogen-bond acceptors (Lipinski definition) is 2. The molecule has 1 heterocycles. The molecule has 0 atom stereocenters. The van der Waals surface area contributed by atoms with Crippen molar-refractivity contribution in [2.75, 3.05) is 0 Å². The topological polar surface area (TPSA) is 26.0 Å². The number of fused-ring (bicyclic) bond motifs is 3. The van der Waals surface area contributed by atoms with Gasteiger partial charge in [-0.3, -0.25) is 0 Å². The van der Waals surface area contributed by atoms with E-state index in [1.54, 1.807) is 0 Å². The monoisotopic (exact) mass is 211 g/mol. The third-order valence-electron chi connectivity index (χ3n) is 2.93. The summed E-state index contributed by atoms with van der Waals surface area (Å²) in [5, 5.41) is 7.73. The molecule has 0 aliphatic heterocycles. The van der Waals surface area contributed by atoms with Gasteiger partial charge in [0, 0.05) is 17.2 Å². The van der Waals surface area contributed by atoms with Crippen molar-refractivity contribution in [1.82, 2.24) is 5.16 Å². The molecule has 80 valence electrons. The SMILES string of the molecule is CCCc1onc2c1ccc1ccccc12. The number of rotatable bonds is 2. The first-order chi connectivity index (χ1) is 7.90. The Kier molecular flexibility index (Phi) is 2.13. The molecule has 0 radical (unpaired) electrons. The number of nitrogens with zero attached hydrogens (tertiary/aromatic N) is 1. The highest BCUT2D eigenvalue weighted by molar-refractivity contribution is 6.05. The zero-order valence-corrected chi connectivity index (χ0v) is 9.23. The van der Waals surface area contributed by atoms with E-state index < -0.39 is 0 Å². The van der Waals surface area contributed by atoms with Gasteiger partial charge in [-0.25, -0.2) is 0 Å². The average Bonchev–Trinajstić information content (AvgIpc) is 2.73. The van der Waals surface area contributed by atoms with Gasteiger partial charge >= 0.3 is 0 Å². The maximum atomic E-state index is 5.41. The number of aromatic nitrogens is 1. The molecule has 0 saturated carbocycles. The maximum absolute atomic E-state index is 5.41. The van der Waals surface area contributed by atoms with Gasteiger partial charge in [0.15, 0.2) is 0 Å². The molecule has 0 aliphatic carbocycles. The predicted molar refractivity (Wildman–Crippen MR) is 65.5 cm³/mol. The summed E-state index contributed by atoms with van der Waals surface area (Å²) in [6, 6.07) is 12.5. The highest BCUT2D eigenvalue weighted by Gasteiger charge is 2.09. The van der Waals surface area contributed by atoms with Gasteiger partial charge in [0.05, 0.1) is 0 Å². The second kappa shape index (κ2) is 3.63. The molecule has 0 amide bonds. The quantitative estimate of drug-likeness (QED) is 0.641. The van der Waals surface area contributed by atoms with E-state index in [4.69, 9.17) is 4.52 Å². The Hall–Kier alpha value is -1.83. The van der Waals surface area contributed by atoms with Crippen molar-refractivity contribution in [2.24, 2.45) is 0 Å². The molecule has 0 spiro atoms. The summed E-state index contributed by atoms with van der Waals surface area (Å²) in [7, 11) is 0. The summed E-state index contributed by atoms with van der Waals surface area (Å²) >= 11 is 0. The molecule has 0 fully saturated rings. The largest absolute Gasteiger partial charge is 0.360 e. The minimum atomic E-state index is 0.953. The van der Waals surface area contributed by atoms with Gasteiger partial charge in [-0.15, -0.1) is 0 Å². The first-order valence-corrected chi connectivity index (χ1v) is 5.66. The van der Waals surface area contributed by atoms with Crippen LogP contribution >= 0.6 is 0 Å². The van der Waals surface area contributed by atoms with Gasteiger partial charge in [-0.2, -0.15) is 0 Å². The van der Waals surface area contributed by atoms with Crippen LogP contribution in [0.3, 0.4) is 0 Å². The Balaban J connectivity index is 2.36. The molecule has 2 aromatic carbocycles. The molecule has 3 rings (SSSR count). The van der Waals surface area contributed by atoms with E-state index >= 15 is 0 Å².